The molecule has 2 aromatic rings. The Bertz CT molecular complexity index is 771. The first-order chi connectivity index (χ1) is 10.6. The highest BCUT2D eigenvalue weighted by Gasteiger charge is 2.10. The summed E-state index contributed by atoms with van der Waals surface area (Å²) in [7, 11) is 0. The molecule has 0 radical (unpaired) electrons. The molecule has 0 fully saturated rings. The van der Waals surface area contributed by atoms with Crippen molar-refractivity contribution in [1.82, 2.24) is 0 Å². The molecule has 2 nitrogen and oxygen atoms in total. The molecule has 110 valence electrons. The van der Waals surface area contributed by atoms with Gasteiger partial charge in [0, 0.05) is 16.1 Å². The standard InChI is InChI=1S/C19H15ClO2/c1-13-2-5-15(6-3-13)18(21)8-4-14-10-16-11-17(20)7-9-19(16)22-12-14/h2-11H,12H2,1H3/b8-4+. The van der Waals surface area contributed by atoms with Gasteiger partial charge in [-0.05, 0) is 42.8 Å². The van der Waals surface area contributed by atoms with Gasteiger partial charge in [0.15, 0.2) is 5.78 Å². The summed E-state index contributed by atoms with van der Waals surface area (Å²) in [6.45, 7) is 2.45. The number of halogens is 1. The Balaban J connectivity index is 1.78. The third-order valence-electron chi connectivity index (χ3n) is 3.49. The fourth-order valence-electron chi connectivity index (χ4n) is 2.26. The second-order valence-corrected chi connectivity index (χ2v) is 5.69. The van der Waals surface area contributed by atoms with Crippen LogP contribution in [0.15, 0.2) is 60.2 Å². The lowest BCUT2D eigenvalue weighted by molar-refractivity contribution is 0.104. The van der Waals surface area contributed by atoms with Crippen LogP contribution in [0.25, 0.3) is 6.08 Å². The van der Waals surface area contributed by atoms with Gasteiger partial charge in [-0.25, -0.2) is 0 Å². The minimum atomic E-state index is -0.0159. The number of benzene rings is 2. The highest BCUT2D eigenvalue weighted by molar-refractivity contribution is 6.30. The summed E-state index contributed by atoms with van der Waals surface area (Å²) >= 11 is 5.99. The molecule has 0 amide bonds. The van der Waals surface area contributed by atoms with Crippen LogP contribution in [-0.2, 0) is 0 Å². The second-order valence-electron chi connectivity index (χ2n) is 5.25. The Morgan fingerprint density at radius 3 is 2.73 bits per heavy atom. The predicted molar refractivity (Wildman–Crippen MR) is 89.6 cm³/mol. The minimum Gasteiger partial charge on any atom is -0.488 e. The summed E-state index contributed by atoms with van der Waals surface area (Å²) in [6, 6.07) is 13.0. The number of rotatable bonds is 3. The van der Waals surface area contributed by atoms with Crippen LogP contribution < -0.4 is 4.74 Å². The Hall–Kier alpha value is -2.32. The fourth-order valence-corrected chi connectivity index (χ4v) is 2.44. The molecule has 3 rings (SSSR count). The Labute approximate surface area is 134 Å². The number of carbonyl (C=O) groups is 1. The fraction of sp³-hybridized carbons (Fsp3) is 0.105. The summed E-state index contributed by atoms with van der Waals surface area (Å²) in [5.41, 5.74) is 3.69. The molecule has 0 aliphatic carbocycles. The van der Waals surface area contributed by atoms with E-state index in [1.807, 2.05) is 49.4 Å². The molecule has 1 heterocycles. The number of carbonyl (C=O) groups excluding carboxylic acids is 1. The van der Waals surface area contributed by atoms with Crippen molar-refractivity contribution in [2.24, 2.45) is 0 Å². The molecule has 0 atom stereocenters. The van der Waals surface area contributed by atoms with Crippen molar-refractivity contribution in [2.45, 2.75) is 6.92 Å². The van der Waals surface area contributed by atoms with E-state index < -0.39 is 0 Å². The van der Waals surface area contributed by atoms with Gasteiger partial charge in [0.2, 0.25) is 0 Å². The van der Waals surface area contributed by atoms with Gasteiger partial charge in [0.1, 0.15) is 12.4 Å². The van der Waals surface area contributed by atoms with Crippen molar-refractivity contribution in [3.05, 3.63) is 81.9 Å². The molecule has 0 N–H and O–H groups in total. The summed E-state index contributed by atoms with van der Waals surface area (Å²) in [4.78, 5) is 12.1. The van der Waals surface area contributed by atoms with Crippen molar-refractivity contribution in [3.8, 4) is 5.75 Å². The first-order valence-electron chi connectivity index (χ1n) is 7.04. The van der Waals surface area contributed by atoms with E-state index in [4.69, 9.17) is 16.3 Å². The summed E-state index contributed by atoms with van der Waals surface area (Å²) < 4.78 is 5.66. The zero-order chi connectivity index (χ0) is 15.5. The average Bonchev–Trinajstić information content (AvgIpc) is 2.53. The first-order valence-corrected chi connectivity index (χ1v) is 7.41. The van der Waals surface area contributed by atoms with Gasteiger partial charge in [-0.3, -0.25) is 4.79 Å². The second kappa shape index (κ2) is 6.20. The van der Waals surface area contributed by atoms with E-state index in [1.165, 1.54) is 0 Å². The van der Waals surface area contributed by atoms with Gasteiger partial charge in [-0.15, -0.1) is 0 Å². The number of ether oxygens (including phenoxy) is 1. The highest BCUT2D eigenvalue weighted by Crippen LogP contribution is 2.29. The third kappa shape index (κ3) is 3.29. The summed E-state index contributed by atoms with van der Waals surface area (Å²) in [5.74, 6) is 0.796. The summed E-state index contributed by atoms with van der Waals surface area (Å²) in [6.07, 6.45) is 5.37. The Morgan fingerprint density at radius 2 is 1.95 bits per heavy atom. The van der Waals surface area contributed by atoms with Crippen LogP contribution in [0.2, 0.25) is 5.02 Å². The van der Waals surface area contributed by atoms with Crippen molar-refractivity contribution >= 4 is 23.5 Å². The molecule has 2 aromatic carbocycles. The number of aryl methyl sites for hydroxylation is 1. The molecule has 22 heavy (non-hydrogen) atoms. The van der Waals surface area contributed by atoms with Crippen LogP contribution >= 0.6 is 11.6 Å². The summed E-state index contributed by atoms with van der Waals surface area (Å²) in [5, 5.41) is 0.666. The van der Waals surface area contributed by atoms with Gasteiger partial charge in [-0.2, -0.15) is 0 Å². The number of hydrogen-bond donors (Lipinski definition) is 0. The first kappa shape index (κ1) is 14.6. The van der Waals surface area contributed by atoms with E-state index in [2.05, 4.69) is 0 Å². The van der Waals surface area contributed by atoms with E-state index in [0.717, 1.165) is 22.4 Å². The van der Waals surface area contributed by atoms with Crippen LogP contribution in [0.1, 0.15) is 21.5 Å². The molecule has 0 spiro atoms. The molecule has 3 heteroatoms. The molecular weight excluding hydrogens is 296 g/mol. The SMILES string of the molecule is Cc1ccc(C(=O)/C=C/C2=Cc3cc(Cl)ccc3OC2)cc1. The van der Waals surface area contributed by atoms with E-state index >= 15 is 0 Å². The molecular formula is C19H15ClO2. The van der Waals surface area contributed by atoms with Gasteiger partial charge >= 0.3 is 0 Å². The highest BCUT2D eigenvalue weighted by atomic mass is 35.5. The molecule has 0 unspecified atom stereocenters. The third-order valence-corrected chi connectivity index (χ3v) is 3.73. The van der Waals surface area contributed by atoms with E-state index in [9.17, 15) is 4.79 Å². The lowest BCUT2D eigenvalue weighted by Gasteiger charge is -2.16. The normalized spacial score (nSPS) is 13.5. The van der Waals surface area contributed by atoms with Gasteiger partial charge in [0.25, 0.3) is 0 Å². The largest absolute Gasteiger partial charge is 0.488 e. The smallest absolute Gasteiger partial charge is 0.185 e. The van der Waals surface area contributed by atoms with E-state index in [1.54, 1.807) is 18.2 Å². The van der Waals surface area contributed by atoms with Crippen molar-refractivity contribution in [3.63, 3.8) is 0 Å². The zero-order valence-corrected chi connectivity index (χ0v) is 12.9. The molecule has 1 aliphatic rings. The maximum absolute atomic E-state index is 12.1. The van der Waals surface area contributed by atoms with Crippen molar-refractivity contribution in [1.29, 1.82) is 0 Å². The maximum atomic E-state index is 12.1. The van der Waals surface area contributed by atoms with E-state index in [-0.39, 0.29) is 5.78 Å². The molecule has 0 saturated carbocycles. The predicted octanol–water partition coefficient (Wildman–Crippen LogP) is 4.86. The lowest BCUT2D eigenvalue weighted by Crippen LogP contribution is -2.06. The minimum absolute atomic E-state index is 0.0159. The lowest BCUT2D eigenvalue weighted by atomic mass is 10.0. The quantitative estimate of drug-likeness (QED) is 0.597. The topological polar surface area (TPSA) is 26.3 Å². The van der Waals surface area contributed by atoms with E-state index in [0.29, 0.717) is 17.2 Å². The molecule has 0 aromatic heterocycles. The van der Waals surface area contributed by atoms with Gasteiger partial charge < -0.3 is 4.74 Å². The monoisotopic (exact) mass is 310 g/mol. The van der Waals surface area contributed by atoms with Gasteiger partial charge in [0.05, 0.1) is 0 Å². The van der Waals surface area contributed by atoms with Crippen LogP contribution in [0.4, 0.5) is 0 Å². The van der Waals surface area contributed by atoms with Gasteiger partial charge in [-0.1, -0.05) is 47.5 Å². The Kier molecular flexibility index (Phi) is 4.12. The molecule has 0 saturated heterocycles. The van der Waals surface area contributed by atoms with Crippen molar-refractivity contribution < 1.29 is 9.53 Å². The average molecular weight is 311 g/mol. The number of fused-ring (bicyclic) bond motifs is 1. The number of hydrogen-bond acceptors (Lipinski definition) is 2. The number of ketones is 1. The number of allylic oxidation sites excluding steroid dienone is 1. The van der Waals surface area contributed by atoms with Crippen LogP contribution in [0, 0.1) is 6.92 Å². The Morgan fingerprint density at radius 1 is 1.18 bits per heavy atom. The maximum Gasteiger partial charge on any atom is 0.185 e. The van der Waals surface area contributed by atoms with Crippen LogP contribution in [-0.4, -0.2) is 12.4 Å². The zero-order valence-electron chi connectivity index (χ0n) is 12.2. The van der Waals surface area contributed by atoms with Crippen LogP contribution in [0.3, 0.4) is 0 Å². The van der Waals surface area contributed by atoms with Crippen molar-refractivity contribution in [2.75, 3.05) is 6.61 Å². The molecule has 1 aliphatic heterocycles. The van der Waals surface area contributed by atoms with Crippen LogP contribution in [0.5, 0.6) is 5.75 Å². The molecule has 0 bridgehead atoms.